The molecule has 1 aromatic carbocycles. The SMILES string of the molecule is CN(Cc1ccc(O)cc1)C(=O)c1ccon1. The molecule has 1 N–H and O–H groups in total. The standard InChI is InChI=1S/C12H12N2O3/c1-14(12(16)11-6-7-17-13-11)8-9-2-4-10(15)5-3-9/h2-7,15H,8H2,1H3. The van der Waals surface area contributed by atoms with E-state index < -0.39 is 0 Å². The number of carbonyl (C=O) groups is 1. The molecule has 1 aromatic heterocycles. The van der Waals surface area contributed by atoms with Gasteiger partial charge in [0.25, 0.3) is 5.91 Å². The lowest BCUT2D eigenvalue weighted by Gasteiger charge is -2.15. The summed E-state index contributed by atoms with van der Waals surface area (Å²) in [5.41, 5.74) is 1.22. The van der Waals surface area contributed by atoms with Gasteiger partial charge in [-0.2, -0.15) is 0 Å². The Morgan fingerprint density at radius 2 is 2.06 bits per heavy atom. The van der Waals surface area contributed by atoms with E-state index in [9.17, 15) is 4.79 Å². The third-order valence-corrected chi connectivity index (χ3v) is 2.36. The topological polar surface area (TPSA) is 66.6 Å². The summed E-state index contributed by atoms with van der Waals surface area (Å²) in [7, 11) is 1.68. The first-order chi connectivity index (χ1) is 8.16. The smallest absolute Gasteiger partial charge is 0.276 e. The summed E-state index contributed by atoms with van der Waals surface area (Å²) in [6, 6.07) is 8.23. The van der Waals surface area contributed by atoms with Gasteiger partial charge in [0.15, 0.2) is 5.69 Å². The maximum atomic E-state index is 11.8. The van der Waals surface area contributed by atoms with E-state index in [1.165, 1.54) is 17.2 Å². The van der Waals surface area contributed by atoms with Crippen LogP contribution in [0.5, 0.6) is 5.75 Å². The van der Waals surface area contributed by atoms with E-state index in [0.29, 0.717) is 6.54 Å². The lowest BCUT2D eigenvalue weighted by molar-refractivity contribution is 0.0775. The molecule has 5 heteroatoms. The molecule has 0 fully saturated rings. The van der Waals surface area contributed by atoms with Crippen molar-refractivity contribution in [2.45, 2.75) is 6.54 Å². The molecule has 0 aliphatic carbocycles. The lowest BCUT2D eigenvalue weighted by atomic mass is 10.2. The fourth-order valence-corrected chi connectivity index (χ4v) is 1.47. The number of phenols is 1. The van der Waals surface area contributed by atoms with Crippen LogP contribution in [0, 0.1) is 0 Å². The zero-order chi connectivity index (χ0) is 12.3. The molecule has 0 saturated heterocycles. The molecule has 0 unspecified atom stereocenters. The average Bonchev–Trinajstić information content (AvgIpc) is 2.84. The normalized spacial score (nSPS) is 10.2. The Labute approximate surface area is 98.3 Å². The van der Waals surface area contributed by atoms with Gasteiger partial charge in [-0.1, -0.05) is 17.3 Å². The molecule has 0 aliphatic heterocycles. The van der Waals surface area contributed by atoms with Crippen molar-refractivity contribution < 1.29 is 14.4 Å². The number of hydrogen-bond acceptors (Lipinski definition) is 4. The maximum absolute atomic E-state index is 11.8. The number of aromatic hydroxyl groups is 1. The summed E-state index contributed by atoms with van der Waals surface area (Å²) in [6.45, 7) is 0.450. The molecule has 5 nitrogen and oxygen atoms in total. The Morgan fingerprint density at radius 3 is 2.65 bits per heavy atom. The van der Waals surface area contributed by atoms with Gasteiger partial charge in [0.1, 0.15) is 12.0 Å². The number of rotatable bonds is 3. The molecule has 1 amide bonds. The number of carbonyl (C=O) groups excluding carboxylic acids is 1. The minimum Gasteiger partial charge on any atom is -0.508 e. The maximum Gasteiger partial charge on any atom is 0.276 e. The first kappa shape index (κ1) is 11.2. The first-order valence-electron chi connectivity index (χ1n) is 5.10. The summed E-state index contributed by atoms with van der Waals surface area (Å²) in [5.74, 6) is 0.00561. The van der Waals surface area contributed by atoms with Crippen molar-refractivity contribution in [3.8, 4) is 5.75 Å². The minimum atomic E-state index is -0.202. The van der Waals surface area contributed by atoms with Gasteiger partial charge in [-0.3, -0.25) is 4.79 Å². The Hall–Kier alpha value is -2.30. The van der Waals surface area contributed by atoms with Crippen LogP contribution in [0.15, 0.2) is 41.1 Å². The molecule has 1 heterocycles. The van der Waals surface area contributed by atoms with Crippen LogP contribution in [0.4, 0.5) is 0 Å². The van der Waals surface area contributed by atoms with E-state index in [-0.39, 0.29) is 17.4 Å². The van der Waals surface area contributed by atoms with Crippen molar-refractivity contribution in [2.75, 3.05) is 7.05 Å². The Morgan fingerprint density at radius 1 is 1.35 bits per heavy atom. The summed E-state index contributed by atoms with van der Waals surface area (Å²) >= 11 is 0. The molecule has 0 radical (unpaired) electrons. The second kappa shape index (κ2) is 4.69. The van der Waals surface area contributed by atoms with Crippen molar-refractivity contribution in [3.63, 3.8) is 0 Å². The fraction of sp³-hybridized carbons (Fsp3) is 0.167. The summed E-state index contributed by atoms with van der Waals surface area (Å²) in [6.07, 6.45) is 1.36. The van der Waals surface area contributed by atoms with Crippen molar-refractivity contribution >= 4 is 5.91 Å². The highest BCUT2D eigenvalue weighted by Gasteiger charge is 2.14. The summed E-state index contributed by atoms with van der Waals surface area (Å²) in [5, 5.41) is 12.7. The van der Waals surface area contributed by atoms with Crippen LogP contribution in [0.25, 0.3) is 0 Å². The van der Waals surface area contributed by atoms with Gasteiger partial charge < -0.3 is 14.5 Å². The van der Waals surface area contributed by atoms with E-state index in [1.54, 1.807) is 31.3 Å². The van der Waals surface area contributed by atoms with Crippen LogP contribution >= 0.6 is 0 Å². The van der Waals surface area contributed by atoms with Crippen LogP contribution < -0.4 is 0 Å². The van der Waals surface area contributed by atoms with Gasteiger partial charge >= 0.3 is 0 Å². The van der Waals surface area contributed by atoms with Crippen molar-refractivity contribution in [2.24, 2.45) is 0 Å². The Kier molecular flexibility index (Phi) is 3.09. The summed E-state index contributed by atoms with van der Waals surface area (Å²) in [4.78, 5) is 13.4. The van der Waals surface area contributed by atoms with E-state index in [0.717, 1.165) is 5.56 Å². The summed E-state index contributed by atoms with van der Waals surface area (Å²) < 4.78 is 4.62. The number of nitrogens with zero attached hydrogens (tertiary/aromatic N) is 2. The van der Waals surface area contributed by atoms with Crippen LogP contribution in [0.1, 0.15) is 16.1 Å². The molecule has 2 rings (SSSR count). The largest absolute Gasteiger partial charge is 0.508 e. The number of benzene rings is 1. The number of aromatic nitrogens is 1. The average molecular weight is 232 g/mol. The third-order valence-electron chi connectivity index (χ3n) is 2.36. The number of phenolic OH excluding ortho intramolecular Hbond substituents is 1. The van der Waals surface area contributed by atoms with Gasteiger partial charge in [0, 0.05) is 19.7 Å². The lowest BCUT2D eigenvalue weighted by Crippen LogP contribution is -2.26. The highest BCUT2D eigenvalue weighted by atomic mass is 16.5. The van der Waals surface area contributed by atoms with Gasteiger partial charge in [0.2, 0.25) is 0 Å². The van der Waals surface area contributed by atoms with E-state index in [4.69, 9.17) is 5.11 Å². The molecular weight excluding hydrogens is 220 g/mol. The van der Waals surface area contributed by atoms with E-state index >= 15 is 0 Å². The molecule has 2 aromatic rings. The second-order valence-electron chi connectivity index (χ2n) is 3.71. The van der Waals surface area contributed by atoms with Gasteiger partial charge in [-0.15, -0.1) is 0 Å². The highest BCUT2D eigenvalue weighted by Crippen LogP contribution is 2.12. The number of amides is 1. The van der Waals surface area contributed by atoms with Crippen molar-refractivity contribution in [3.05, 3.63) is 47.9 Å². The second-order valence-corrected chi connectivity index (χ2v) is 3.71. The molecule has 0 spiro atoms. The monoisotopic (exact) mass is 232 g/mol. The van der Waals surface area contributed by atoms with E-state index in [2.05, 4.69) is 9.68 Å². The molecule has 0 bridgehead atoms. The van der Waals surface area contributed by atoms with E-state index in [1.807, 2.05) is 0 Å². The highest BCUT2D eigenvalue weighted by molar-refractivity contribution is 5.91. The molecule has 0 saturated carbocycles. The van der Waals surface area contributed by atoms with Crippen molar-refractivity contribution in [1.29, 1.82) is 0 Å². The Balaban J connectivity index is 2.04. The zero-order valence-corrected chi connectivity index (χ0v) is 9.33. The van der Waals surface area contributed by atoms with Gasteiger partial charge in [0.05, 0.1) is 0 Å². The van der Waals surface area contributed by atoms with Crippen LogP contribution in [0.3, 0.4) is 0 Å². The van der Waals surface area contributed by atoms with Gasteiger partial charge in [-0.05, 0) is 17.7 Å². The predicted octanol–water partition coefficient (Wildman–Crippen LogP) is 1.65. The van der Waals surface area contributed by atoms with Crippen LogP contribution in [-0.4, -0.2) is 28.1 Å². The molecule has 0 atom stereocenters. The minimum absolute atomic E-state index is 0.202. The molecule has 88 valence electrons. The van der Waals surface area contributed by atoms with Crippen LogP contribution in [0.2, 0.25) is 0 Å². The molecular formula is C12H12N2O3. The zero-order valence-electron chi connectivity index (χ0n) is 9.33. The third kappa shape index (κ3) is 2.63. The Bertz CT molecular complexity index is 491. The quantitative estimate of drug-likeness (QED) is 0.873. The van der Waals surface area contributed by atoms with Gasteiger partial charge in [-0.25, -0.2) is 0 Å². The molecule has 0 aliphatic rings. The molecule has 17 heavy (non-hydrogen) atoms. The van der Waals surface area contributed by atoms with Crippen molar-refractivity contribution in [1.82, 2.24) is 10.1 Å². The predicted molar refractivity (Wildman–Crippen MR) is 60.4 cm³/mol. The first-order valence-corrected chi connectivity index (χ1v) is 5.10. The number of hydrogen-bond donors (Lipinski definition) is 1. The fourth-order valence-electron chi connectivity index (χ4n) is 1.47. The van der Waals surface area contributed by atoms with Crippen LogP contribution in [-0.2, 0) is 6.54 Å².